The van der Waals surface area contributed by atoms with E-state index in [0.29, 0.717) is 6.54 Å². The second-order valence-electron chi connectivity index (χ2n) is 7.52. The van der Waals surface area contributed by atoms with E-state index in [1.54, 1.807) is 14.2 Å². The third-order valence-electron chi connectivity index (χ3n) is 5.64. The van der Waals surface area contributed by atoms with E-state index in [4.69, 9.17) is 9.47 Å². The predicted octanol–water partition coefficient (Wildman–Crippen LogP) is 2.79. The van der Waals surface area contributed by atoms with Crippen LogP contribution in [0.3, 0.4) is 0 Å². The summed E-state index contributed by atoms with van der Waals surface area (Å²) in [6.07, 6.45) is 1.97. The molecule has 4 rings (SSSR count). The molecular formula is C24H30N6O2. The molecule has 32 heavy (non-hydrogen) atoms. The molecule has 1 aliphatic heterocycles. The van der Waals surface area contributed by atoms with Crippen molar-refractivity contribution in [1.29, 1.82) is 0 Å². The van der Waals surface area contributed by atoms with Crippen molar-refractivity contribution in [3.05, 3.63) is 66.5 Å². The third kappa shape index (κ3) is 4.96. The van der Waals surface area contributed by atoms with Crippen molar-refractivity contribution >= 4 is 11.6 Å². The summed E-state index contributed by atoms with van der Waals surface area (Å²) in [5.74, 6) is 2.61. The maximum atomic E-state index is 5.26. The standard InChI is InChI=1S/C24H30N6O2/c1-25-24(29-16-14-28(15-17-29)20-4-8-22(31-2)9-5-20)26-18-19-12-13-30(27-19)21-6-10-23(32-3)11-7-21/h4-13H,14-18H2,1-3H3,(H,25,26). The number of guanidine groups is 1. The van der Waals surface area contributed by atoms with Gasteiger partial charge in [-0.25, -0.2) is 4.68 Å². The van der Waals surface area contributed by atoms with Crippen molar-refractivity contribution in [1.82, 2.24) is 20.0 Å². The second-order valence-corrected chi connectivity index (χ2v) is 7.52. The summed E-state index contributed by atoms with van der Waals surface area (Å²) in [4.78, 5) is 9.16. The van der Waals surface area contributed by atoms with Gasteiger partial charge in [0.15, 0.2) is 5.96 Å². The number of nitrogens with one attached hydrogen (secondary N) is 1. The van der Waals surface area contributed by atoms with Crippen LogP contribution in [0.15, 0.2) is 65.8 Å². The molecule has 2 heterocycles. The number of ether oxygens (including phenoxy) is 2. The molecule has 8 nitrogen and oxygen atoms in total. The van der Waals surface area contributed by atoms with Gasteiger partial charge in [-0.3, -0.25) is 4.99 Å². The van der Waals surface area contributed by atoms with E-state index >= 15 is 0 Å². The first-order valence-corrected chi connectivity index (χ1v) is 10.7. The molecule has 8 heteroatoms. The summed E-state index contributed by atoms with van der Waals surface area (Å²) in [7, 11) is 5.18. The lowest BCUT2D eigenvalue weighted by molar-refractivity contribution is 0.372. The number of anilines is 1. The number of methoxy groups -OCH3 is 2. The maximum absolute atomic E-state index is 5.26. The quantitative estimate of drug-likeness (QED) is 0.475. The van der Waals surface area contributed by atoms with Crippen molar-refractivity contribution < 1.29 is 9.47 Å². The molecule has 168 valence electrons. The summed E-state index contributed by atoms with van der Waals surface area (Å²) < 4.78 is 12.3. The first-order valence-electron chi connectivity index (χ1n) is 10.7. The lowest BCUT2D eigenvalue weighted by Crippen LogP contribution is -2.52. The van der Waals surface area contributed by atoms with Gasteiger partial charge < -0.3 is 24.6 Å². The fourth-order valence-corrected chi connectivity index (χ4v) is 3.81. The average Bonchev–Trinajstić information content (AvgIpc) is 3.34. The van der Waals surface area contributed by atoms with Gasteiger partial charge in [-0.15, -0.1) is 0 Å². The molecule has 0 unspecified atom stereocenters. The third-order valence-corrected chi connectivity index (χ3v) is 5.64. The molecule has 0 spiro atoms. The zero-order valence-corrected chi connectivity index (χ0v) is 18.9. The van der Waals surface area contributed by atoms with E-state index in [1.165, 1.54) is 5.69 Å². The van der Waals surface area contributed by atoms with Gasteiger partial charge in [-0.05, 0) is 54.6 Å². The lowest BCUT2D eigenvalue weighted by Gasteiger charge is -2.37. The summed E-state index contributed by atoms with van der Waals surface area (Å²) in [5, 5.41) is 8.13. The summed E-state index contributed by atoms with van der Waals surface area (Å²) >= 11 is 0. The number of benzene rings is 2. The Bertz CT molecular complexity index is 1020. The van der Waals surface area contributed by atoms with Crippen molar-refractivity contribution in [3.63, 3.8) is 0 Å². The second kappa shape index (κ2) is 10.1. The fourth-order valence-electron chi connectivity index (χ4n) is 3.81. The van der Waals surface area contributed by atoms with Crippen LogP contribution in [0.25, 0.3) is 5.69 Å². The smallest absolute Gasteiger partial charge is 0.194 e. The molecular weight excluding hydrogens is 404 g/mol. The summed E-state index contributed by atoms with van der Waals surface area (Å²) in [5.41, 5.74) is 3.17. The Hall–Kier alpha value is -3.68. The van der Waals surface area contributed by atoms with E-state index in [-0.39, 0.29) is 0 Å². The molecule has 0 amide bonds. The summed E-state index contributed by atoms with van der Waals surface area (Å²) in [6.45, 7) is 4.32. The van der Waals surface area contributed by atoms with Gasteiger partial charge in [0, 0.05) is 45.1 Å². The number of aliphatic imine (C=N–C) groups is 1. The van der Waals surface area contributed by atoms with Gasteiger partial charge in [0.1, 0.15) is 11.5 Å². The Kier molecular flexibility index (Phi) is 6.79. The van der Waals surface area contributed by atoms with Crippen molar-refractivity contribution in [2.75, 3.05) is 52.3 Å². The minimum absolute atomic E-state index is 0.620. The van der Waals surface area contributed by atoms with Crippen molar-refractivity contribution in [2.45, 2.75) is 6.54 Å². The molecule has 1 aliphatic rings. The highest BCUT2D eigenvalue weighted by atomic mass is 16.5. The van der Waals surface area contributed by atoms with Crippen LogP contribution in [0.2, 0.25) is 0 Å². The molecule has 1 N–H and O–H groups in total. The normalized spacial score (nSPS) is 14.4. The predicted molar refractivity (Wildman–Crippen MR) is 127 cm³/mol. The zero-order valence-electron chi connectivity index (χ0n) is 18.9. The molecule has 0 saturated carbocycles. The van der Waals surface area contributed by atoms with Gasteiger partial charge in [0.25, 0.3) is 0 Å². The number of hydrogen-bond acceptors (Lipinski definition) is 5. The highest BCUT2D eigenvalue weighted by Crippen LogP contribution is 2.20. The van der Waals surface area contributed by atoms with Crippen LogP contribution >= 0.6 is 0 Å². The van der Waals surface area contributed by atoms with E-state index in [0.717, 1.165) is 55.0 Å². The number of rotatable bonds is 6. The SMILES string of the molecule is CN=C(NCc1ccn(-c2ccc(OC)cc2)n1)N1CCN(c2ccc(OC)cc2)CC1. The highest BCUT2D eigenvalue weighted by molar-refractivity contribution is 5.80. The molecule has 0 aliphatic carbocycles. The molecule has 1 saturated heterocycles. The highest BCUT2D eigenvalue weighted by Gasteiger charge is 2.20. The average molecular weight is 435 g/mol. The van der Waals surface area contributed by atoms with Gasteiger partial charge in [-0.2, -0.15) is 5.10 Å². The minimum atomic E-state index is 0.620. The first-order chi connectivity index (χ1) is 15.7. The zero-order chi connectivity index (χ0) is 22.3. The Morgan fingerprint density at radius 2 is 1.47 bits per heavy atom. The molecule has 1 aromatic heterocycles. The molecule has 0 radical (unpaired) electrons. The van der Waals surface area contributed by atoms with E-state index in [2.05, 4.69) is 37.3 Å². The van der Waals surface area contributed by atoms with E-state index < -0.39 is 0 Å². The van der Waals surface area contributed by atoms with Crippen LogP contribution in [0, 0.1) is 0 Å². The largest absolute Gasteiger partial charge is 0.497 e. The van der Waals surface area contributed by atoms with Crippen LogP contribution in [0.5, 0.6) is 11.5 Å². The Morgan fingerprint density at radius 3 is 2.03 bits per heavy atom. The van der Waals surface area contributed by atoms with Crippen LogP contribution in [0.4, 0.5) is 5.69 Å². The van der Waals surface area contributed by atoms with Crippen molar-refractivity contribution in [2.24, 2.45) is 4.99 Å². The minimum Gasteiger partial charge on any atom is -0.497 e. The fraction of sp³-hybridized carbons (Fsp3) is 0.333. The monoisotopic (exact) mass is 434 g/mol. The Balaban J connectivity index is 1.30. The molecule has 2 aromatic carbocycles. The van der Waals surface area contributed by atoms with Crippen LogP contribution < -0.4 is 19.7 Å². The molecule has 0 bridgehead atoms. The van der Waals surface area contributed by atoms with Gasteiger partial charge >= 0.3 is 0 Å². The topological polar surface area (TPSA) is 67.2 Å². The van der Waals surface area contributed by atoms with Crippen LogP contribution in [-0.4, -0.2) is 68.1 Å². The number of nitrogens with zero attached hydrogens (tertiary/aromatic N) is 5. The van der Waals surface area contributed by atoms with Gasteiger partial charge in [-0.1, -0.05) is 0 Å². The Labute approximate surface area is 189 Å². The van der Waals surface area contributed by atoms with Crippen LogP contribution in [-0.2, 0) is 6.54 Å². The molecule has 0 atom stereocenters. The number of hydrogen-bond donors (Lipinski definition) is 1. The molecule has 1 fully saturated rings. The first kappa shape index (κ1) is 21.5. The van der Waals surface area contributed by atoms with Crippen LogP contribution in [0.1, 0.15) is 5.69 Å². The maximum Gasteiger partial charge on any atom is 0.194 e. The van der Waals surface area contributed by atoms with Gasteiger partial charge in [0.2, 0.25) is 0 Å². The van der Waals surface area contributed by atoms with Crippen molar-refractivity contribution in [3.8, 4) is 17.2 Å². The number of piperazine rings is 1. The molecule has 3 aromatic rings. The summed E-state index contributed by atoms with van der Waals surface area (Å²) in [6, 6.07) is 18.1. The lowest BCUT2D eigenvalue weighted by atomic mass is 10.2. The number of aromatic nitrogens is 2. The van der Waals surface area contributed by atoms with E-state index in [1.807, 2.05) is 60.4 Å². The Morgan fingerprint density at radius 1 is 0.875 bits per heavy atom. The van der Waals surface area contributed by atoms with Gasteiger partial charge in [0.05, 0.1) is 32.1 Å². The van der Waals surface area contributed by atoms with E-state index in [9.17, 15) is 0 Å².